The maximum atomic E-state index is 12.5. The van der Waals surface area contributed by atoms with Gasteiger partial charge in [0, 0.05) is 24.2 Å². The van der Waals surface area contributed by atoms with Crippen LogP contribution in [0, 0.1) is 18.8 Å². The standard InChI is InChI=1S/C18H26N2O2/c1-11-5-6-12(2)16(9-11)20-18(22)15-8-7-13(3)17(10-15)19-14(4)21/h7-8,10-12,16H,5-6,9H2,1-4H3,(H,19,21)(H,20,22)/t11-,12+,16+/m1/s1. The SMILES string of the molecule is CC(=O)Nc1cc(C(=O)N[C@H]2C[C@H](C)CC[C@@H]2C)ccc1C. The zero-order valence-corrected chi connectivity index (χ0v) is 13.9. The van der Waals surface area contributed by atoms with Crippen molar-refractivity contribution in [1.82, 2.24) is 5.32 Å². The Labute approximate surface area is 132 Å². The fraction of sp³-hybridized carbons (Fsp3) is 0.556. The van der Waals surface area contributed by atoms with Crippen LogP contribution >= 0.6 is 0 Å². The second-order valence-electron chi connectivity index (χ2n) is 6.69. The van der Waals surface area contributed by atoms with Crippen molar-refractivity contribution in [3.63, 3.8) is 0 Å². The second kappa shape index (κ2) is 6.95. The molecular weight excluding hydrogens is 276 g/mol. The Morgan fingerprint density at radius 3 is 2.59 bits per heavy atom. The van der Waals surface area contributed by atoms with E-state index in [1.807, 2.05) is 19.1 Å². The number of aryl methyl sites for hydroxylation is 1. The molecule has 3 atom stereocenters. The summed E-state index contributed by atoms with van der Waals surface area (Å²) in [4.78, 5) is 23.7. The molecule has 0 aromatic heterocycles. The highest BCUT2D eigenvalue weighted by atomic mass is 16.2. The highest BCUT2D eigenvalue weighted by molar-refractivity contribution is 5.97. The Morgan fingerprint density at radius 1 is 1.18 bits per heavy atom. The second-order valence-corrected chi connectivity index (χ2v) is 6.69. The van der Waals surface area contributed by atoms with E-state index in [-0.39, 0.29) is 17.9 Å². The molecule has 2 rings (SSSR count). The van der Waals surface area contributed by atoms with Gasteiger partial charge in [-0.3, -0.25) is 9.59 Å². The summed E-state index contributed by atoms with van der Waals surface area (Å²) in [5, 5.41) is 5.93. The highest BCUT2D eigenvalue weighted by Crippen LogP contribution is 2.28. The van der Waals surface area contributed by atoms with Crippen molar-refractivity contribution in [1.29, 1.82) is 0 Å². The number of carbonyl (C=O) groups is 2. The van der Waals surface area contributed by atoms with Crippen molar-refractivity contribution in [3.05, 3.63) is 29.3 Å². The summed E-state index contributed by atoms with van der Waals surface area (Å²) in [7, 11) is 0. The quantitative estimate of drug-likeness (QED) is 0.897. The molecule has 2 N–H and O–H groups in total. The van der Waals surface area contributed by atoms with Gasteiger partial charge in [0.1, 0.15) is 0 Å². The summed E-state index contributed by atoms with van der Waals surface area (Å²) in [5.74, 6) is 0.989. The molecule has 4 heteroatoms. The number of rotatable bonds is 3. The Bertz CT molecular complexity index is 568. The third kappa shape index (κ3) is 4.09. The van der Waals surface area contributed by atoms with Gasteiger partial charge in [-0.25, -0.2) is 0 Å². The lowest BCUT2D eigenvalue weighted by atomic mass is 9.80. The smallest absolute Gasteiger partial charge is 0.251 e. The summed E-state index contributed by atoms with van der Waals surface area (Å²) >= 11 is 0. The normalized spacial score (nSPS) is 24.6. The zero-order chi connectivity index (χ0) is 16.3. The molecule has 1 saturated carbocycles. The van der Waals surface area contributed by atoms with Gasteiger partial charge in [-0.05, 0) is 49.3 Å². The monoisotopic (exact) mass is 302 g/mol. The molecular formula is C18H26N2O2. The van der Waals surface area contributed by atoms with Crippen molar-refractivity contribution in [2.24, 2.45) is 11.8 Å². The number of hydrogen-bond donors (Lipinski definition) is 2. The average Bonchev–Trinajstić information content (AvgIpc) is 2.44. The molecule has 0 radical (unpaired) electrons. The number of benzene rings is 1. The van der Waals surface area contributed by atoms with E-state index in [1.54, 1.807) is 6.07 Å². The highest BCUT2D eigenvalue weighted by Gasteiger charge is 2.27. The predicted molar refractivity (Wildman–Crippen MR) is 88.9 cm³/mol. The number of anilines is 1. The van der Waals surface area contributed by atoms with Crippen LogP contribution in [0.1, 0.15) is 56.0 Å². The van der Waals surface area contributed by atoms with Gasteiger partial charge in [-0.2, -0.15) is 0 Å². The number of hydrogen-bond acceptors (Lipinski definition) is 2. The molecule has 1 aromatic carbocycles. The maximum absolute atomic E-state index is 12.5. The largest absolute Gasteiger partial charge is 0.349 e. The Hall–Kier alpha value is -1.84. The fourth-order valence-electron chi connectivity index (χ4n) is 3.07. The van der Waals surface area contributed by atoms with E-state index in [2.05, 4.69) is 24.5 Å². The molecule has 0 aliphatic heterocycles. The first-order valence-electron chi connectivity index (χ1n) is 8.06. The molecule has 22 heavy (non-hydrogen) atoms. The van der Waals surface area contributed by atoms with Crippen LogP contribution in [0.4, 0.5) is 5.69 Å². The number of nitrogens with one attached hydrogen (secondary N) is 2. The summed E-state index contributed by atoms with van der Waals surface area (Å²) in [6.07, 6.45) is 3.44. The van der Waals surface area contributed by atoms with Gasteiger partial charge < -0.3 is 10.6 Å². The molecule has 2 amide bonds. The molecule has 120 valence electrons. The van der Waals surface area contributed by atoms with Gasteiger partial charge in [0.05, 0.1) is 0 Å². The number of carbonyl (C=O) groups excluding carboxylic acids is 2. The summed E-state index contributed by atoms with van der Waals surface area (Å²) in [5.41, 5.74) is 2.25. The molecule has 4 nitrogen and oxygen atoms in total. The molecule has 1 fully saturated rings. The van der Waals surface area contributed by atoms with Crippen LogP contribution in [0.2, 0.25) is 0 Å². The third-order valence-electron chi connectivity index (χ3n) is 4.58. The van der Waals surface area contributed by atoms with Crippen molar-refractivity contribution in [2.45, 2.75) is 53.0 Å². The Balaban J connectivity index is 2.10. The van der Waals surface area contributed by atoms with Crippen molar-refractivity contribution < 1.29 is 9.59 Å². The van der Waals surface area contributed by atoms with Gasteiger partial charge in [-0.1, -0.05) is 26.3 Å². The van der Waals surface area contributed by atoms with Gasteiger partial charge in [0.15, 0.2) is 0 Å². The fourth-order valence-corrected chi connectivity index (χ4v) is 3.07. The van der Waals surface area contributed by atoms with Crippen LogP contribution in [0.5, 0.6) is 0 Å². The number of amides is 2. The first-order valence-corrected chi connectivity index (χ1v) is 8.06. The van der Waals surface area contributed by atoms with Gasteiger partial charge in [0.25, 0.3) is 5.91 Å². The lowest BCUT2D eigenvalue weighted by Gasteiger charge is -2.33. The molecule has 0 unspecified atom stereocenters. The van der Waals surface area contributed by atoms with E-state index in [9.17, 15) is 9.59 Å². The third-order valence-corrected chi connectivity index (χ3v) is 4.58. The molecule has 0 spiro atoms. The van der Waals surface area contributed by atoms with E-state index < -0.39 is 0 Å². The molecule has 1 aromatic rings. The van der Waals surface area contributed by atoms with E-state index in [1.165, 1.54) is 13.3 Å². The predicted octanol–water partition coefficient (Wildman–Crippen LogP) is 3.51. The Kier molecular flexibility index (Phi) is 5.22. The maximum Gasteiger partial charge on any atom is 0.251 e. The first kappa shape index (κ1) is 16.5. The van der Waals surface area contributed by atoms with Gasteiger partial charge in [-0.15, -0.1) is 0 Å². The van der Waals surface area contributed by atoms with Crippen LogP contribution in [-0.2, 0) is 4.79 Å². The molecule has 0 saturated heterocycles. The molecule has 0 heterocycles. The van der Waals surface area contributed by atoms with Crippen molar-refractivity contribution >= 4 is 17.5 Å². The van der Waals surface area contributed by atoms with Crippen LogP contribution in [0.25, 0.3) is 0 Å². The van der Waals surface area contributed by atoms with Gasteiger partial charge in [0.2, 0.25) is 5.91 Å². The first-order chi connectivity index (χ1) is 10.4. The van der Waals surface area contributed by atoms with Gasteiger partial charge >= 0.3 is 0 Å². The molecule has 1 aliphatic rings. The zero-order valence-electron chi connectivity index (χ0n) is 13.9. The molecule has 0 bridgehead atoms. The minimum absolute atomic E-state index is 0.0578. The minimum atomic E-state index is -0.129. The van der Waals surface area contributed by atoms with E-state index >= 15 is 0 Å². The summed E-state index contributed by atoms with van der Waals surface area (Å²) in [6.45, 7) is 7.83. The molecule has 1 aliphatic carbocycles. The van der Waals surface area contributed by atoms with Crippen molar-refractivity contribution in [2.75, 3.05) is 5.32 Å². The topological polar surface area (TPSA) is 58.2 Å². The van der Waals surface area contributed by atoms with Crippen LogP contribution < -0.4 is 10.6 Å². The summed E-state index contributed by atoms with van der Waals surface area (Å²) < 4.78 is 0. The van der Waals surface area contributed by atoms with Crippen LogP contribution in [0.3, 0.4) is 0 Å². The van der Waals surface area contributed by atoms with Crippen molar-refractivity contribution in [3.8, 4) is 0 Å². The minimum Gasteiger partial charge on any atom is -0.349 e. The Morgan fingerprint density at radius 2 is 1.91 bits per heavy atom. The average molecular weight is 302 g/mol. The lowest BCUT2D eigenvalue weighted by molar-refractivity contribution is -0.114. The lowest BCUT2D eigenvalue weighted by Crippen LogP contribution is -2.42. The van der Waals surface area contributed by atoms with E-state index in [0.717, 1.165) is 18.4 Å². The van der Waals surface area contributed by atoms with Crippen LogP contribution in [-0.4, -0.2) is 17.9 Å². The van der Waals surface area contributed by atoms with E-state index in [0.29, 0.717) is 23.1 Å². The van der Waals surface area contributed by atoms with Crippen LogP contribution in [0.15, 0.2) is 18.2 Å². The van der Waals surface area contributed by atoms with E-state index in [4.69, 9.17) is 0 Å². The summed E-state index contributed by atoms with van der Waals surface area (Å²) in [6, 6.07) is 5.67.